The highest BCUT2D eigenvalue weighted by atomic mass is 16.5. The molecule has 0 saturated carbocycles. The summed E-state index contributed by atoms with van der Waals surface area (Å²) in [7, 11) is 0. The zero-order valence-corrected chi connectivity index (χ0v) is 17.7. The van der Waals surface area contributed by atoms with E-state index >= 15 is 0 Å². The highest BCUT2D eigenvalue weighted by Gasteiger charge is 2.36. The van der Waals surface area contributed by atoms with Gasteiger partial charge in [-0.1, -0.05) is 62.4 Å². The van der Waals surface area contributed by atoms with Gasteiger partial charge in [0.15, 0.2) is 0 Å². The molecule has 0 aliphatic carbocycles. The molecule has 0 spiro atoms. The van der Waals surface area contributed by atoms with Crippen molar-refractivity contribution < 1.29 is 14.3 Å². The summed E-state index contributed by atoms with van der Waals surface area (Å²) in [6.45, 7) is 5.72. The minimum Gasteiger partial charge on any atom is -0.381 e. The van der Waals surface area contributed by atoms with E-state index < -0.39 is 6.04 Å². The van der Waals surface area contributed by atoms with Crippen LogP contribution in [0.5, 0.6) is 0 Å². The Kier molecular flexibility index (Phi) is 7.46. The average molecular weight is 410 g/mol. The van der Waals surface area contributed by atoms with Crippen LogP contribution in [0.1, 0.15) is 32.3 Å². The maximum atomic E-state index is 13.0. The third kappa shape index (κ3) is 5.60. The molecule has 3 rings (SSSR count). The van der Waals surface area contributed by atoms with Gasteiger partial charge in [-0.05, 0) is 36.5 Å². The number of carbonyl (C=O) groups excluding carboxylic acids is 2. The Morgan fingerprint density at radius 2 is 1.57 bits per heavy atom. The predicted octanol–water partition coefficient (Wildman–Crippen LogP) is 3.70. The molecule has 0 radical (unpaired) electrons. The molecule has 6 nitrogen and oxygen atoms in total. The number of amides is 3. The molecule has 1 fully saturated rings. The fourth-order valence-corrected chi connectivity index (χ4v) is 3.85. The molecule has 2 aromatic rings. The molecule has 6 heteroatoms. The van der Waals surface area contributed by atoms with Gasteiger partial charge in [-0.2, -0.15) is 0 Å². The Morgan fingerprint density at radius 3 is 2.17 bits per heavy atom. The number of nitrogens with one attached hydrogen (secondary N) is 3. The molecule has 3 N–H and O–H groups in total. The van der Waals surface area contributed by atoms with Gasteiger partial charge in [0.2, 0.25) is 5.91 Å². The Hall–Kier alpha value is -2.86. The van der Waals surface area contributed by atoms with Gasteiger partial charge < -0.3 is 20.7 Å². The van der Waals surface area contributed by atoms with E-state index in [0.717, 1.165) is 12.8 Å². The van der Waals surface area contributed by atoms with Crippen LogP contribution in [0.4, 0.5) is 10.5 Å². The van der Waals surface area contributed by atoms with Crippen LogP contribution in [0.3, 0.4) is 0 Å². The first-order valence-electron chi connectivity index (χ1n) is 10.5. The summed E-state index contributed by atoms with van der Waals surface area (Å²) < 4.78 is 5.57. The summed E-state index contributed by atoms with van der Waals surface area (Å²) in [6, 6.07) is 18.5. The van der Waals surface area contributed by atoms with Crippen molar-refractivity contribution in [1.82, 2.24) is 10.6 Å². The Labute approximate surface area is 178 Å². The number of carbonyl (C=O) groups is 2. The molecule has 1 aliphatic rings. The van der Waals surface area contributed by atoms with E-state index in [1.54, 1.807) is 12.1 Å². The van der Waals surface area contributed by atoms with Crippen molar-refractivity contribution in [2.75, 3.05) is 25.1 Å². The number of rotatable bonds is 7. The predicted molar refractivity (Wildman–Crippen MR) is 118 cm³/mol. The van der Waals surface area contributed by atoms with E-state index in [-0.39, 0.29) is 23.3 Å². The molecular weight excluding hydrogens is 378 g/mol. The van der Waals surface area contributed by atoms with E-state index in [4.69, 9.17) is 4.74 Å². The SMILES string of the molecule is CC(C)C(NC(=O)Nc1ccccc1)C(=O)NCC1(c2ccccc2)CCOCC1. The van der Waals surface area contributed by atoms with Gasteiger partial charge in [0.1, 0.15) is 6.04 Å². The summed E-state index contributed by atoms with van der Waals surface area (Å²) in [5.74, 6) is -0.219. The van der Waals surface area contributed by atoms with Gasteiger partial charge in [0.05, 0.1) is 0 Å². The Bertz CT molecular complexity index is 818. The quantitative estimate of drug-likeness (QED) is 0.652. The van der Waals surface area contributed by atoms with Crippen molar-refractivity contribution >= 4 is 17.6 Å². The third-order valence-corrected chi connectivity index (χ3v) is 5.70. The molecule has 160 valence electrons. The molecule has 0 aromatic heterocycles. The van der Waals surface area contributed by atoms with Crippen LogP contribution in [0, 0.1) is 5.92 Å². The van der Waals surface area contributed by atoms with Crippen molar-refractivity contribution in [3.8, 4) is 0 Å². The van der Waals surface area contributed by atoms with Crippen LogP contribution in [-0.2, 0) is 14.9 Å². The van der Waals surface area contributed by atoms with Crippen LogP contribution in [0.15, 0.2) is 60.7 Å². The molecule has 1 aliphatic heterocycles. The summed E-state index contributed by atoms with van der Waals surface area (Å²) in [4.78, 5) is 25.4. The monoisotopic (exact) mass is 409 g/mol. The number of urea groups is 1. The lowest BCUT2D eigenvalue weighted by atomic mass is 9.74. The van der Waals surface area contributed by atoms with Crippen LogP contribution >= 0.6 is 0 Å². The van der Waals surface area contributed by atoms with Crippen LogP contribution in [0.25, 0.3) is 0 Å². The zero-order valence-electron chi connectivity index (χ0n) is 17.7. The van der Waals surface area contributed by atoms with E-state index in [1.165, 1.54) is 5.56 Å². The average Bonchev–Trinajstić information content (AvgIpc) is 2.77. The lowest BCUT2D eigenvalue weighted by Gasteiger charge is -2.38. The summed E-state index contributed by atoms with van der Waals surface area (Å²) in [6.07, 6.45) is 1.71. The highest BCUT2D eigenvalue weighted by Crippen LogP contribution is 2.34. The minimum absolute atomic E-state index is 0.0473. The van der Waals surface area contributed by atoms with Crippen LogP contribution < -0.4 is 16.0 Å². The fraction of sp³-hybridized carbons (Fsp3) is 0.417. The number of ether oxygens (including phenoxy) is 1. The minimum atomic E-state index is -0.624. The van der Waals surface area contributed by atoms with Crippen LogP contribution in [-0.4, -0.2) is 37.7 Å². The second kappa shape index (κ2) is 10.3. The first-order valence-corrected chi connectivity index (χ1v) is 10.5. The normalized spacial score (nSPS) is 16.5. The van der Waals surface area contributed by atoms with Crippen LogP contribution in [0.2, 0.25) is 0 Å². The maximum absolute atomic E-state index is 13.0. The fourth-order valence-electron chi connectivity index (χ4n) is 3.85. The summed E-state index contributed by atoms with van der Waals surface area (Å²) in [5, 5.41) is 8.70. The Balaban J connectivity index is 1.64. The first kappa shape index (κ1) is 21.8. The van der Waals surface area contributed by atoms with E-state index in [0.29, 0.717) is 25.4 Å². The Morgan fingerprint density at radius 1 is 0.967 bits per heavy atom. The highest BCUT2D eigenvalue weighted by molar-refractivity contribution is 5.93. The lowest BCUT2D eigenvalue weighted by Crippen LogP contribution is -2.54. The van der Waals surface area contributed by atoms with Gasteiger partial charge in [-0.15, -0.1) is 0 Å². The zero-order chi connectivity index (χ0) is 21.4. The van der Waals surface area contributed by atoms with Crippen molar-refractivity contribution in [3.05, 3.63) is 66.2 Å². The van der Waals surface area contributed by atoms with E-state index in [1.807, 2.05) is 50.2 Å². The molecule has 2 aromatic carbocycles. The van der Waals surface area contributed by atoms with Gasteiger partial charge in [-0.3, -0.25) is 4.79 Å². The van der Waals surface area contributed by atoms with Gasteiger partial charge in [0, 0.05) is 30.9 Å². The van der Waals surface area contributed by atoms with Gasteiger partial charge in [0.25, 0.3) is 0 Å². The first-order chi connectivity index (χ1) is 14.5. The largest absolute Gasteiger partial charge is 0.381 e. The number of anilines is 1. The molecule has 1 saturated heterocycles. The molecular formula is C24H31N3O3. The van der Waals surface area contributed by atoms with Gasteiger partial charge in [-0.25, -0.2) is 4.79 Å². The van der Waals surface area contributed by atoms with E-state index in [2.05, 4.69) is 28.1 Å². The molecule has 3 amide bonds. The van der Waals surface area contributed by atoms with Crippen molar-refractivity contribution in [2.45, 2.75) is 38.1 Å². The lowest BCUT2D eigenvalue weighted by molar-refractivity contribution is -0.124. The summed E-state index contributed by atoms with van der Waals surface area (Å²) in [5.41, 5.74) is 1.75. The molecule has 1 heterocycles. The maximum Gasteiger partial charge on any atom is 0.319 e. The standard InChI is InChI=1S/C24H31N3O3/c1-18(2)21(27-23(29)26-20-11-7-4-8-12-20)22(28)25-17-24(13-15-30-16-14-24)19-9-5-3-6-10-19/h3-12,18,21H,13-17H2,1-2H3,(H,25,28)(H2,26,27,29). The molecule has 30 heavy (non-hydrogen) atoms. The summed E-state index contributed by atoms with van der Waals surface area (Å²) >= 11 is 0. The van der Waals surface area contributed by atoms with Crippen molar-refractivity contribution in [3.63, 3.8) is 0 Å². The number of hydrogen-bond acceptors (Lipinski definition) is 3. The second-order valence-electron chi connectivity index (χ2n) is 8.16. The van der Waals surface area contributed by atoms with E-state index in [9.17, 15) is 9.59 Å². The number of hydrogen-bond donors (Lipinski definition) is 3. The third-order valence-electron chi connectivity index (χ3n) is 5.70. The molecule has 1 unspecified atom stereocenters. The van der Waals surface area contributed by atoms with Crippen molar-refractivity contribution in [1.29, 1.82) is 0 Å². The molecule has 0 bridgehead atoms. The second-order valence-corrected chi connectivity index (χ2v) is 8.16. The van der Waals surface area contributed by atoms with Crippen molar-refractivity contribution in [2.24, 2.45) is 5.92 Å². The van der Waals surface area contributed by atoms with Gasteiger partial charge >= 0.3 is 6.03 Å². The topological polar surface area (TPSA) is 79.5 Å². The smallest absolute Gasteiger partial charge is 0.319 e. The number of benzene rings is 2. The molecule has 1 atom stereocenters. The number of para-hydroxylation sites is 1.